The summed E-state index contributed by atoms with van der Waals surface area (Å²) in [6, 6.07) is 9.39. The molecule has 128 valence electrons. The predicted molar refractivity (Wildman–Crippen MR) is 90.9 cm³/mol. The van der Waals surface area contributed by atoms with Crippen molar-refractivity contribution in [2.75, 3.05) is 0 Å². The Morgan fingerprint density at radius 3 is 2.30 bits per heavy atom. The van der Waals surface area contributed by atoms with Crippen LogP contribution in [-0.4, -0.2) is 23.6 Å². The topological polar surface area (TPSA) is 67.4 Å². The van der Waals surface area contributed by atoms with E-state index < -0.39 is 17.7 Å². The minimum atomic E-state index is -0.711. The highest BCUT2D eigenvalue weighted by Gasteiger charge is 2.27. The highest BCUT2D eigenvalue weighted by molar-refractivity contribution is 5.95. The second-order valence-electron chi connectivity index (χ2n) is 6.72. The zero-order valence-electron chi connectivity index (χ0n) is 14.7. The molecule has 0 heterocycles. The number of alkyl carbamates (subject to hydrolysis) is 1. The molecule has 0 bridgehead atoms. The Kier molecular flexibility index (Phi) is 7.23. The van der Waals surface area contributed by atoms with Gasteiger partial charge in [0.1, 0.15) is 5.60 Å². The van der Waals surface area contributed by atoms with Crippen molar-refractivity contribution >= 4 is 12.0 Å². The standard InChI is InChI=1S/C18H28N2O3/c1-6-13(2)15(19-12-14-10-8-7-9-11-14)16(21)20-17(22)23-18(3,4)5/h7-11,13,15,19H,6,12H2,1-5H3,(H,20,21,22)/t13-,15-/m0/s1. The van der Waals surface area contributed by atoms with Gasteiger partial charge in [0, 0.05) is 6.54 Å². The fourth-order valence-electron chi connectivity index (χ4n) is 2.09. The van der Waals surface area contributed by atoms with Crippen LogP contribution in [-0.2, 0) is 16.1 Å². The first-order chi connectivity index (χ1) is 10.7. The summed E-state index contributed by atoms with van der Waals surface area (Å²) in [7, 11) is 0. The maximum atomic E-state index is 12.4. The summed E-state index contributed by atoms with van der Waals surface area (Å²) in [5.41, 5.74) is 0.458. The quantitative estimate of drug-likeness (QED) is 0.844. The molecule has 2 N–H and O–H groups in total. The van der Waals surface area contributed by atoms with Crippen LogP contribution in [0.4, 0.5) is 4.79 Å². The van der Waals surface area contributed by atoms with E-state index in [0.717, 1.165) is 12.0 Å². The molecule has 0 spiro atoms. The largest absolute Gasteiger partial charge is 0.444 e. The molecule has 2 atom stereocenters. The third kappa shape index (κ3) is 7.28. The molecule has 0 radical (unpaired) electrons. The molecule has 0 aliphatic carbocycles. The van der Waals surface area contributed by atoms with E-state index in [0.29, 0.717) is 6.54 Å². The normalized spacial score (nSPS) is 14.0. The first kappa shape index (κ1) is 19.2. The molecule has 0 saturated heterocycles. The van der Waals surface area contributed by atoms with Gasteiger partial charge in [0.05, 0.1) is 6.04 Å². The molecule has 1 aromatic rings. The number of ether oxygens (including phenoxy) is 1. The Morgan fingerprint density at radius 2 is 1.78 bits per heavy atom. The maximum absolute atomic E-state index is 12.4. The zero-order chi connectivity index (χ0) is 17.5. The highest BCUT2D eigenvalue weighted by atomic mass is 16.6. The number of nitrogens with one attached hydrogen (secondary N) is 2. The second kappa shape index (κ2) is 8.67. The smallest absolute Gasteiger partial charge is 0.414 e. The number of imide groups is 1. The molecule has 0 aromatic heterocycles. The number of hydrogen-bond acceptors (Lipinski definition) is 4. The molecule has 0 unspecified atom stereocenters. The van der Waals surface area contributed by atoms with E-state index in [-0.39, 0.29) is 11.8 Å². The molecule has 0 aliphatic heterocycles. The van der Waals surface area contributed by atoms with E-state index in [4.69, 9.17) is 4.74 Å². The average molecular weight is 320 g/mol. The summed E-state index contributed by atoms with van der Waals surface area (Å²) in [4.78, 5) is 24.2. The Morgan fingerprint density at radius 1 is 1.17 bits per heavy atom. The Balaban J connectivity index is 2.66. The summed E-state index contributed by atoms with van der Waals surface area (Å²) in [5.74, 6) is -0.259. The second-order valence-corrected chi connectivity index (χ2v) is 6.72. The Labute approximate surface area is 138 Å². The number of hydrogen-bond donors (Lipinski definition) is 2. The average Bonchev–Trinajstić information content (AvgIpc) is 2.46. The van der Waals surface area contributed by atoms with Crippen LogP contribution >= 0.6 is 0 Å². The zero-order valence-corrected chi connectivity index (χ0v) is 14.7. The number of carbonyl (C=O) groups is 2. The van der Waals surface area contributed by atoms with Crippen molar-refractivity contribution in [3.63, 3.8) is 0 Å². The van der Waals surface area contributed by atoms with E-state index in [2.05, 4.69) is 10.6 Å². The summed E-state index contributed by atoms with van der Waals surface area (Å²) in [6.45, 7) is 9.85. The lowest BCUT2D eigenvalue weighted by atomic mass is 9.98. The summed E-state index contributed by atoms with van der Waals surface area (Å²) >= 11 is 0. The minimum Gasteiger partial charge on any atom is -0.444 e. The molecule has 0 saturated carbocycles. The number of benzene rings is 1. The van der Waals surface area contributed by atoms with Gasteiger partial charge in [0.2, 0.25) is 5.91 Å². The van der Waals surface area contributed by atoms with Crippen molar-refractivity contribution in [3.8, 4) is 0 Å². The van der Waals surface area contributed by atoms with Crippen molar-refractivity contribution in [1.82, 2.24) is 10.6 Å². The molecule has 0 aliphatic rings. The van der Waals surface area contributed by atoms with Crippen LogP contribution < -0.4 is 10.6 Å². The lowest BCUT2D eigenvalue weighted by Gasteiger charge is -2.25. The van der Waals surface area contributed by atoms with E-state index in [1.165, 1.54) is 0 Å². The summed E-state index contributed by atoms with van der Waals surface area (Å²) in [6.07, 6.45) is 0.117. The van der Waals surface area contributed by atoms with Gasteiger partial charge >= 0.3 is 6.09 Å². The van der Waals surface area contributed by atoms with Crippen LogP contribution in [0.25, 0.3) is 0 Å². The lowest BCUT2D eigenvalue weighted by molar-refractivity contribution is -0.124. The fraction of sp³-hybridized carbons (Fsp3) is 0.556. The van der Waals surface area contributed by atoms with Crippen LogP contribution in [0.5, 0.6) is 0 Å². The van der Waals surface area contributed by atoms with Crippen LogP contribution in [0.3, 0.4) is 0 Å². The van der Waals surface area contributed by atoms with E-state index in [1.54, 1.807) is 20.8 Å². The van der Waals surface area contributed by atoms with E-state index >= 15 is 0 Å². The molecule has 23 heavy (non-hydrogen) atoms. The van der Waals surface area contributed by atoms with Gasteiger partial charge in [-0.05, 0) is 32.3 Å². The van der Waals surface area contributed by atoms with E-state index in [9.17, 15) is 9.59 Å². The fourth-order valence-corrected chi connectivity index (χ4v) is 2.09. The van der Waals surface area contributed by atoms with Crippen LogP contribution in [0, 0.1) is 5.92 Å². The van der Waals surface area contributed by atoms with Crippen molar-refractivity contribution in [3.05, 3.63) is 35.9 Å². The van der Waals surface area contributed by atoms with Gasteiger partial charge in [-0.25, -0.2) is 4.79 Å². The molecule has 1 rings (SSSR count). The third-order valence-electron chi connectivity index (χ3n) is 3.49. The molecule has 2 amide bonds. The Bertz CT molecular complexity index is 509. The minimum absolute atomic E-state index is 0.0983. The first-order valence-corrected chi connectivity index (χ1v) is 8.04. The van der Waals surface area contributed by atoms with E-state index in [1.807, 2.05) is 44.2 Å². The molecular formula is C18H28N2O3. The highest BCUT2D eigenvalue weighted by Crippen LogP contribution is 2.11. The predicted octanol–water partition coefficient (Wildman–Crippen LogP) is 3.24. The van der Waals surface area contributed by atoms with Crippen LogP contribution in [0.1, 0.15) is 46.6 Å². The van der Waals surface area contributed by atoms with Crippen molar-refractivity contribution in [1.29, 1.82) is 0 Å². The van der Waals surface area contributed by atoms with Gasteiger partial charge in [-0.2, -0.15) is 0 Å². The molecule has 5 heteroatoms. The first-order valence-electron chi connectivity index (χ1n) is 8.04. The number of carbonyl (C=O) groups excluding carboxylic acids is 2. The van der Waals surface area contributed by atoms with Gasteiger partial charge in [0.15, 0.2) is 0 Å². The summed E-state index contributed by atoms with van der Waals surface area (Å²) in [5, 5.41) is 5.56. The van der Waals surface area contributed by atoms with Gasteiger partial charge < -0.3 is 10.1 Å². The van der Waals surface area contributed by atoms with Crippen LogP contribution in [0.2, 0.25) is 0 Å². The lowest BCUT2D eigenvalue weighted by Crippen LogP contribution is -2.50. The van der Waals surface area contributed by atoms with Crippen LogP contribution in [0.15, 0.2) is 30.3 Å². The van der Waals surface area contributed by atoms with Gasteiger partial charge in [-0.3, -0.25) is 10.1 Å². The molecular weight excluding hydrogens is 292 g/mol. The third-order valence-corrected chi connectivity index (χ3v) is 3.49. The Hall–Kier alpha value is -1.88. The maximum Gasteiger partial charge on any atom is 0.414 e. The van der Waals surface area contributed by atoms with Crippen molar-refractivity contribution < 1.29 is 14.3 Å². The number of rotatable bonds is 6. The summed E-state index contributed by atoms with van der Waals surface area (Å²) < 4.78 is 5.14. The van der Waals surface area contributed by atoms with Gasteiger partial charge in [-0.15, -0.1) is 0 Å². The van der Waals surface area contributed by atoms with Crippen molar-refractivity contribution in [2.45, 2.75) is 59.2 Å². The van der Waals surface area contributed by atoms with Crippen molar-refractivity contribution in [2.24, 2.45) is 5.92 Å². The molecule has 5 nitrogen and oxygen atoms in total. The molecule has 0 fully saturated rings. The van der Waals surface area contributed by atoms with Gasteiger partial charge in [0.25, 0.3) is 0 Å². The monoisotopic (exact) mass is 320 g/mol. The molecule has 1 aromatic carbocycles. The SMILES string of the molecule is CC[C@H](C)[C@H](NCc1ccccc1)C(=O)NC(=O)OC(C)(C)C. The number of amides is 2. The van der Waals surface area contributed by atoms with Gasteiger partial charge in [-0.1, -0.05) is 50.6 Å².